The van der Waals surface area contributed by atoms with Gasteiger partial charge in [0, 0.05) is 37.4 Å². The average Bonchev–Trinajstić information content (AvgIpc) is 3.15. The Balaban J connectivity index is 2.27. The van der Waals surface area contributed by atoms with E-state index in [1.165, 1.54) is 0 Å². The molecule has 0 N–H and O–H groups in total. The summed E-state index contributed by atoms with van der Waals surface area (Å²) in [5.41, 5.74) is 1.39. The zero-order valence-corrected chi connectivity index (χ0v) is 19.5. The number of hydrogen-bond donors (Lipinski definition) is 0. The largest absolute Gasteiger partial charge is 0.353 e. The van der Waals surface area contributed by atoms with E-state index in [0.717, 1.165) is 17.7 Å². The molecule has 2 aromatic rings. The summed E-state index contributed by atoms with van der Waals surface area (Å²) < 4.78 is 2.01. The van der Waals surface area contributed by atoms with Gasteiger partial charge in [0.05, 0.1) is 12.0 Å². The molecule has 0 spiro atoms. The van der Waals surface area contributed by atoms with Gasteiger partial charge in [-0.05, 0) is 44.9 Å². The lowest BCUT2D eigenvalue weighted by atomic mass is 9.93. The predicted molar refractivity (Wildman–Crippen MR) is 122 cm³/mol. The molecule has 2 rings (SSSR count). The summed E-state index contributed by atoms with van der Waals surface area (Å²) in [5, 5.41) is 0. The van der Waals surface area contributed by atoms with Crippen LogP contribution in [0.3, 0.4) is 0 Å². The summed E-state index contributed by atoms with van der Waals surface area (Å²) in [6, 6.07) is 13.9. The summed E-state index contributed by atoms with van der Waals surface area (Å²) in [7, 11) is 1.97. The number of aromatic nitrogens is 1. The topological polar surface area (TPSA) is 45.6 Å². The van der Waals surface area contributed by atoms with Gasteiger partial charge in [-0.25, -0.2) is 0 Å². The lowest BCUT2D eigenvalue weighted by Gasteiger charge is -2.36. The van der Waals surface area contributed by atoms with Crippen LogP contribution in [0.2, 0.25) is 0 Å². The molecule has 0 radical (unpaired) electrons. The molecule has 0 unspecified atom stereocenters. The molecule has 0 aliphatic heterocycles. The van der Waals surface area contributed by atoms with Crippen molar-refractivity contribution in [1.82, 2.24) is 14.4 Å². The van der Waals surface area contributed by atoms with Gasteiger partial charge in [-0.3, -0.25) is 9.59 Å². The fraction of sp³-hybridized carbons (Fsp3) is 0.500. The van der Waals surface area contributed by atoms with Gasteiger partial charge in [0.2, 0.25) is 11.8 Å². The van der Waals surface area contributed by atoms with E-state index in [4.69, 9.17) is 11.6 Å². The second-order valence-electron chi connectivity index (χ2n) is 8.55. The monoisotopic (exact) mass is 431 g/mol. The Bertz CT molecular complexity index is 832. The molecule has 0 saturated heterocycles. The smallest absolute Gasteiger partial charge is 0.242 e. The van der Waals surface area contributed by atoms with Crippen LogP contribution in [0.25, 0.3) is 0 Å². The molecule has 2 amide bonds. The highest BCUT2D eigenvalue weighted by atomic mass is 35.5. The number of benzene rings is 1. The van der Waals surface area contributed by atoms with E-state index in [9.17, 15) is 9.59 Å². The fourth-order valence-corrected chi connectivity index (χ4v) is 3.35. The van der Waals surface area contributed by atoms with E-state index in [2.05, 4.69) is 0 Å². The first-order chi connectivity index (χ1) is 14.2. The van der Waals surface area contributed by atoms with Crippen LogP contribution in [0.4, 0.5) is 0 Å². The van der Waals surface area contributed by atoms with E-state index in [1.54, 1.807) is 4.90 Å². The van der Waals surface area contributed by atoms with Crippen molar-refractivity contribution in [3.05, 3.63) is 59.9 Å². The van der Waals surface area contributed by atoms with Crippen molar-refractivity contribution in [2.45, 2.75) is 53.2 Å². The molecule has 164 valence electrons. The minimum absolute atomic E-state index is 0.0439. The lowest BCUT2D eigenvalue weighted by molar-refractivity contribution is -0.148. The van der Waals surface area contributed by atoms with E-state index >= 15 is 0 Å². The van der Waals surface area contributed by atoms with Crippen molar-refractivity contribution in [3.8, 4) is 0 Å². The third kappa shape index (κ3) is 6.11. The number of amides is 2. The van der Waals surface area contributed by atoms with Crippen molar-refractivity contribution < 1.29 is 9.59 Å². The highest BCUT2D eigenvalue weighted by Gasteiger charge is 2.35. The average molecular weight is 432 g/mol. The minimum atomic E-state index is -0.715. The number of carbonyl (C=O) groups excluding carboxylic acids is 2. The molecular formula is C24H34ClN3O2. The van der Waals surface area contributed by atoms with Gasteiger partial charge >= 0.3 is 0 Å². The molecule has 30 heavy (non-hydrogen) atoms. The van der Waals surface area contributed by atoms with Crippen LogP contribution in [-0.2, 0) is 29.7 Å². The Morgan fingerprint density at radius 1 is 1.10 bits per heavy atom. The van der Waals surface area contributed by atoms with E-state index in [0.29, 0.717) is 13.1 Å². The Morgan fingerprint density at radius 3 is 2.30 bits per heavy atom. The second kappa shape index (κ2) is 10.7. The van der Waals surface area contributed by atoms with Crippen LogP contribution in [-0.4, -0.2) is 44.6 Å². The maximum Gasteiger partial charge on any atom is 0.242 e. The molecule has 0 bridgehead atoms. The minimum Gasteiger partial charge on any atom is -0.353 e. The third-order valence-electron chi connectivity index (χ3n) is 5.58. The van der Waals surface area contributed by atoms with Gasteiger partial charge in [-0.1, -0.05) is 37.3 Å². The van der Waals surface area contributed by atoms with Crippen molar-refractivity contribution in [2.24, 2.45) is 12.5 Å². The lowest BCUT2D eigenvalue weighted by Crippen LogP contribution is -2.51. The molecule has 1 atom stereocenters. The van der Waals surface area contributed by atoms with Crippen molar-refractivity contribution >= 4 is 23.4 Å². The van der Waals surface area contributed by atoms with Gasteiger partial charge in [0.25, 0.3) is 0 Å². The zero-order chi connectivity index (χ0) is 22.3. The Hall–Kier alpha value is -2.27. The molecule has 1 aromatic carbocycles. The number of halogens is 1. The highest BCUT2D eigenvalue weighted by Crippen LogP contribution is 2.23. The highest BCUT2D eigenvalue weighted by molar-refractivity contribution is 6.19. The van der Waals surface area contributed by atoms with Gasteiger partial charge in [0.1, 0.15) is 6.54 Å². The van der Waals surface area contributed by atoms with Gasteiger partial charge in [-0.2, -0.15) is 0 Å². The van der Waals surface area contributed by atoms with Crippen molar-refractivity contribution in [3.63, 3.8) is 0 Å². The van der Waals surface area contributed by atoms with Crippen molar-refractivity contribution in [1.29, 1.82) is 0 Å². The molecule has 6 heteroatoms. The van der Waals surface area contributed by atoms with Crippen LogP contribution in [0.1, 0.15) is 45.4 Å². The van der Waals surface area contributed by atoms with E-state index < -0.39 is 5.41 Å². The normalized spacial score (nSPS) is 12.5. The quantitative estimate of drug-likeness (QED) is 0.522. The second-order valence-corrected chi connectivity index (χ2v) is 8.82. The van der Waals surface area contributed by atoms with Gasteiger partial charge < -0.3 is 14.4 Å². The summed E-state index contributed by atoms with van der Waals surface area (Å²) in [6.45, 7) is 8.68. The van der Waals surface area contributed by atoms with Crippen LogP contribution in [0, 0.1) is 5.41 Å². The standard InChI is InChI=1S/C24H34ClN3O2/c1-6-19(2)28(23(30)24(3,4)18-25)17-22(29)27(15-20-11-8-7-9-12-20)16-21-13-10-14-26(21)5/h7-14,19H,6,15-18H2,1-5H3/t19-/m0/s1. The molecule has 0 saturated carbocycles. The van der Waals surface area contributed by atoms with Gasteiger partial charge in [-0.15, -0.1) is 11.6 Å². The molecule has 1 aromatic heterocycles. The number of alkyl halides is 1. The first-order valence-corrected chi connectivity index (χ1v) is 11.0. The zero-order valence-electron chi connectivity index (χ0n) is 18.8. The summed E-state index contributed by atoms with van der Waals surface area (Å²) in [6.07, 6.45) is 2.74. The Labute approximate surface area is 185 Å². The summed E-state index contributed by atoms with van der Waals surface area (Å²) in [5.74, 6) is 0.0575. The molecule has 1 heterocycles. The van der Waals surface area contributed by atoms with Crippen molar-refractivity contribution in [2.75, 3.05) is 12.4 Å². The van der Waals surface area contributed by atoms with Crippen LogP contribution in [0.15, 0.2) is 48.7 Å². The van der Waals surface area contributed by atoms with Crippen LogP contribution >= 0.6 is 11.6 Å². The predicted octanol–water partition coefficient (Wildman–Crippen LogP) is 4.45. The SMILES string of the molecule is CC[C@H](C)N(CC(=O)N(Cc1ccccc1)Cc1cccn1C)C(=O)C(C)(C)CCl. The number of hydrogen-bond acceptors (Lipinski definition) is 2. The number of nitrogens with zero attached hydrogens (tertiary/aromatic N) is 3. The van der Waals surface area contributed by atoms with E-state index in [1.807, 2.05) is 92.9 Å². The summed E-state index contributed by atoms with van der Waals surface area (Å²) >= 11 is 6.05. The Kier molecular flexibility index (Phi) is 8.54. The van der Waals surface area contributed by atoms with Gasteiger partial charge in [0.15, 0.2) is 0 Å². The molecule has 5 nitrogen and oxygen atoms in total. The summed E-state index contributed by atoms with van der Waals surface area (Å²) in [4.78, 5) is 30.1. The maximum absolute atomic E-state index is 13.4. The number of rotatable bonds is 10. The number of aryl methyl sites for hydroxylation is 1. The number of carbonyl (C=O) groups is 2. The van der Waals surface area contributed by atoms with E-state index in [-0.39, 0.29) is 30.3 Å². The third-order valence-corrected chi connectivity index (χ3v) is 6.24. The molecule has 0 aliphatic carbocycles. The first kappa shape index (κ1) is 24.0. The molecular weight excluding hydrogens is 398 g/mol. The first-order valence-electron chi connectivity index (χ1n) is 10.5. The maximum atomic E-state index is 13.4. The Morgan fingerprint density at radius 2 is 1.77 bits per heavy atom. The molecule has 0 aliphatic rings. The van der Waals surface area contributed by atoms with Crippen LogP contribution < -0.4 is 0 Å². The van der Waals surface area contributed by atoms with Crippen LogP contribution in [0.5, 0.6) is 0 Å². The fourth-order valence-electron chi connectivity index (χ4n) is 3.23. The molecule has 0 fully saturated rings.